The summed E-state index contributed by atoms with van der Waals surface area (Å²) < 4.78 is 5.49. The number of ether oxygens (including phenoxy) is 1. The van der Waals surface area contributed by atoms with Gasteiger partial charge in [0.25, 0.3) is 0 Å². The maximum Gasteiger partial charge on any atom is 0.0469 e. The Hall–Kier alpha value is -0.240. The van der Waals surface area contributed by atoms with E-state index < -0.39 is 0 Å². The molecular weight excluding hydrogens is 255 g/mol. The third kappa shape index (κ3) is 5.76. The molecule has 1 aromatic rings. The molecule has 1 unspecified atom stereocenters. The monoisotopic (exact) mass is 274 g/mol. The van der Waals surface area contributed by atoms with Gasteiger partial charge >= 0.3 is 0 Å². The van der Waals surface area contributed by atoms with Gasteiger partial charge in [0.2, 0.25) is 0 Å². The minimum Gasteiger partial charge on any atom is -0.381 e. The lowest BCUT2D eigenvalue weighted by molar-refractivity contribution is 0.122. The molecule has 0 aliphatic rings. The van der Waals surface area contributed by atoms with Gasteiger partial charge in [-0.25, -0.2) is 0 Å². The predicted octanol–water partition coefficient (Wildman–Crippen LogP) is 4.55. The van der Waals surface area contributed by atoms with Crippen LogP contribution in [0.2, 0.25) is 5.02 Å². The van der Waals surface area contributed by atoms with E-state index in [0.29, 0.717) is 11.8 Å². The van der Waals surface area contributed by atoms with Crippen LogP contribution in [-0.4, -0.2) is 19.1 Å². The highest BCUT2D eigenvalue weighted by atomic mass is 35.5. The Bertz CT molecular complexity index is 315. The molecule has 1 rings (SSSR count). The molecule has 17 heavy (non-hydrogen) atoms. The third-order valence-corrected chi connectivity index (χ3v) is 3.51. The number of hydrogen-bond acceptors (Lipinski definition) is 1. The minimum absolute atomic E-state index is 0.438. The molecule has 3 heteroatoms. The summed E-state index contributed by atoms with van der Waals surface area (Å²) in [5.41, 5.74) is 1.18. The molecule has 1 nitrogen and oxygen atoms in total. The van der Waals surface area contributed by atoms with Gasteiger partial charge in [-0.3, -0.25) is 0 Å². The van der Waals surface area contributed by atoms with Crippen LogP contribution >= 0.6 is 23.2 Å². The maximum absolute atomic E-state index is 6.13. The average molecular weight is 275 g/mol. The first kappa shape index (κ1) is 14.8. The SMILES string of the molecule is CCCOCCC(CCl)Cc1ccccc1Cl. The van der Waals surface area contributed by atoms with E-state index in [1.54, 1.807) is 0 Å². The van der Waals surface area contributed by atoms with Crippen molar-refractivity contribution in [1.82, 2.24) is 0 Å². The number of halogens is 2. The molecule has 1 aromatic carbocycles. The molecule has 0 aromatic heterocycles. The molecule has 0 saturated heterocycles. The van der Waals surface area contributed by atoms with Gasteiger partial charge in [-0.15, -0.1) is 11.6 Å². The summed E-state index contributed by atoms with van der Waals surface area (Å²) in [5, 5.41) is 0.831. The van der Waals surface area contributed by atoms with Crippen molar-refractivity contribution in [2.45, 2.75) is 26.2 Å². The summed E-state index contributed by atoms with van der Waals surface area (Å²) in [6, 6.07) is 7.95. The van der Waals surface area contributed by atoms with Crippen LogP contribution in [0.4, 0.5) is 0 Å². The Labute approximate surface area is 114 Å². The standard InChI is InChI=1S/C14H20Cl2O/c1-2-8-17-9-7-12(11-15)10-13-5-3-4-6-14(13)16/h3-6,12H,2,7-11H2,1H3. The van der Waals surface area contributed by atoms with Crippen molar-refractivity contribution >= 4 is 23.2 Å². The van der Waals surface area contributed by atoms with E-state index in [9.17, 15) is 0 Å². The maximum atomic E-state index is 6.13. The van der Waals surface area contributed by atoms with Gasteiger partial charge in [0.15, 0.2) is 0 Å². The molecule has 96 valence electrons. The first-order valence-electron chi connectivity index (χ1n) is 6.15. The molecule has 0 N–H and O–H groups in total. The quantitative estimate of drug-likeness (QED) is 0.499. The lowest BCUT2D eigenvalue weighted by atomic mass is 9.98. The first-order valence-corrected chi connectivity index (χ1v) is 7.06. The molecule has 0 heterocycles. The molecule has 0 radical (unpaired) electrons. The van der Waals surface area contributed by atoms with Crippen molar-refractivity contribution < 1.29 is 4.74 Å². The number of benzene rings is 1. The van der Waals surface area contributed by atoms with Crippen molar-refractivity contribution in [3.8, 4) is 0 Å². The Balaban J connectivity index is 2.38. The largest absolute Gasteiger partial charge is 0.381 e. The van der Waals surface area contributed by atoms with Gasteiger partial charge in [0.05, 0.1) is 0 Å². The van der Waals surface area contributed by atoms with Crippen LogP contribution in [0.1, 0.15) is 25.3 Å². The Morgan fingerprint density at radius 3 is 2.65 bits per heavy atom. The summed E-state index contributed by atoms with van der Waals surface area (Å²) in [6.45, 7) is 3.74. The van der Waals surface area contributed by atoms with Gasteiger partial charge in [-0.05, 0) is 36.8 Å². The molecule has 0 saturated carbocycles. The fraction of sp³-hybridized carbons (Fsp3) is 0.571. The van der Waals surface area contributed by atoms with Crippen molar-refractivity contribution in [3.05, 3.63) is 34.9 Å². The van der Waals surface area contributed by atoms with Crippen molar-refractivity contribution in [2.75, 3.05) is 19.1 Å². The molecular formula is C14H20Cl2O. The van der Waals surface area contributed by atoms with E-state index in [0.717, 1.165) is 37.5 Å². The molecule has 1 atom stereocenters. The Morgan fingerprint density at radius 2 is 2.00 bits per heavy atom. The molecule has 0 aliphatic carbocycles. The second-order valence-electron chi connectivity index (χ2n) is 4.22. The summed E-state index contributed by atoms with van der Waals surface area (Å²) in [6.07, 6.45) is 2.99. The average Bonchev–Trinajstić information content (AvgIpc) is 2.35. The van der Waals surface area contributed by atoms with Crippen molar-refractivity contribution in [2.24, 2.45) is 5.92 Å². The highest BCUT2D eigenvalue weighted by Crippen LogP contribution is 2.21. The zero-order chi connectivity index (χ0) is 12.5. The predicted molar refractivity (Wildman–Crippen MR) is 75.1 cm³/mol. The second-order valence-corrected chi connectivity index (χ2v) is 4.93. The summed E-state index contributed by atoms with van der Waals surface area (Å²) >= 11 is 12.1. The highest BCUT2D eigenvalue weighted by Gasteiger charge is 2.10. The summed E-state index contributed by atoms with van der Waals surface area (Å²) in [4.78, 5) is 0. The minimum atomic E-state index is 0.438. The first-order chi connectivity index (χ1) is 8.27. The fourth-order valence-corrected chi connectivity index (χ4v) is 2.18. The third-order valence-electron chi connectivity index (χ3n) is 2.70. The van der Waals surface area contributed by atoms with E-state index in [4.69, 9.17) is 27.9 Å². The van der Waals surface area contributed by atoms with Gasteiger partial charge in [0, 0.05) is 24.1 Å². The van der Waals surface area contributed by atoms with Crippen LogP contribution in [-0.2, 0) is 11.2 Å². The van der Waals surface area contributed by atoms with Crippen LogP contribution in [0.3, 0.4) is 0 Å². The molecule has 0 fully saturated rings. The van der Waals surface area contributed by atoms with Crippen LogP contribution in [0.5, 0.6) is 0 Å². The van der Waals surface area contributed by atoms with Crippen LogP contribution in [0.25, 0.3) is 0 Å². The Morgan fingerprint density at radius 1 is 1.24 bits per heavy atom. The van der Waals surface area contributed by atoms with E-state index in [1.165, 1.54) is 5.56 Å². The van der Waals surface area contributed by atoms with Crippen molar-refractivity contribution in [1.29, 1.82) is 0 Å². The number of alkyl halides is 1. The molecule has 0 aliphatic heterocycles. The zero-order valence-corrected chi connectivity index (χ0v) is 11.8. The summed E-state index contributed by atoms with van der Waals surface area (Å²) in [7, 11) is 0. The normalized spacial score (nSPS) is 12.6. The van der Waals surface area contributed by atoms with E-state index in [-0.39, 0.29) is 0 Å². The van der Waals surface area contributed by atoms with Crippen LogP contribution in [0, 0.1) is 5.92 Å². The smallest absolute Gasteiger partial charge is 0.0469 e. The van der Waals surface area contributed by atoms with Gasteiger partial charge in [-0.1, -0.05) is 36.7 Å². The van der Waals surface area contributed by atoms with Crippen LogP contribution < -0.4 is 0 Å². The molecule has 0 bridgehead atoms. The fourth-order valence-electron chi connectivity index (χ4n) is 1.71. The Kier molecular flexibility index (Phi) is 7.67. The molecule has 0 amide bonds. The van der Waals surface area contributed by atoms with Gasteiger partial charge in [-0.2, -0.15) is 0 Å². The lowest BCUT2D eigenvalue weighted by Crippen LogP contribution is -2.11. The number of rotatable bonds is 8. The zero-order valence-electron chi connectivity index (χ0n) is 10.3. The lowest BCUT2D eigenvalue weighted by Gasteiger charge is -2.14. The topological polar surface area (TPSA) is 9.23 Å². The second kappa shape index (κ2) is 8.79. The molecule has 0 spiro atoms. The van der Waals surface area contributed by atoms with Crippen molar-refractivity contribution in [3.63, 3.8) is 0 Å². The number of hydrogen-bond donors (Lipinski definition) is 0. The highest BCUT2D eigenvalue weighted by molar-refractivity contribution is 6.31. The van der Waals surface area contributed by atoms with Crippen LogP contribution in [0.15, 0.2) is 24.3 Å². The van der Waals surface area contributed by atoms with E-state index in [2.05, 4.69) is 13.0 Å². The van der Waals surface area contributed by atoms with E-state index in [1.807, 2.05) is 18.2 Å². The van der Waals surface area contributed by atoms with Gasteiger partial charge in [0.1, 0.15) is 0 Å². The summed E-state index contributed by atoms with van der Waals surface area (Å²) in [5.74, 6) is 1.09. The van der Waals surface area contributed by atoms with Gasteiger partial charge < -0.3 is 4.74 Å². The van der Waals surface area contributed by atoms with E-state index >= 15 is 0 Å².